The van der Waals surface area contributed by atoms with Crippen molar-refractivity contribution in [2.75, 3.05) is 13.2 Å². The van der Waals surface area contributed by atoms with Gasteiger partial charge in [0, 0.05) is 6.54 Å². The van der Waals surface area contributed by atoms with E-state index in [9.17, 15) is 22.8 Å². The zero-order valence-electron chi connectivity index (χ0n) is 20.2. The van der Waals surface area contributed by atoms with Crippen LogP contribution in [-0.2, 0) is 35.8 Å². The fourth-order valence-corrected chi connectivity index (χ4v) is 6.09. The van der Waals surface area contributed by atoms with Gasteiger partial charge in [-0.2, -0.15) is 4.31 Å². The Morgan fingerprint density at radius 3 is 2.16 bits per heavy atom. The van der Waals surface area contributed by atoms with Crippen molar-refractivity contribution in [2.45, 2.75) is 29.8 Å². The Hall–Kier alpha value is -4.22. The van der Waals surface area contributed by atoms with Gasteiger partial charge in [-0.1, -0.05) is 66.7 Å². The molecule has 3 atom stereocenters. The smallest absolute Gasteiger partial charge is 0.345 e. The SMILES string of the molecule is O=C(COc1ccccc1)N[C@@H]1C(=O)N2C1CN(S(=O)(=O)c1ccccc1)C2C(=O)OCc1ccccc1. The molecule has 196 valence electrons. The molecule has 3 aromatic carbocycles. The number of ether oxygens (including phenoxy) is 2. The number of benzene rings is 3. The van der Waals surface area contributed by atoms with Crippen LogP contribution in [0, 0.1) is 0 Å². The second kappa shape index (κ2) is 10.6. The molecule has 2 saturated heterocycles. The molecule has 0 bridgehead atoms. The Bertz CT molecular complexity index is 1420. The number of rotatable bonds is 9. The van der Waals surface area contributed by atoms with Crippen molar-refractivity contribution in [3.8, 4) is 5.75 Å². The minimum absolute atomic E-state index is 0.0207. The number of hydrogen-bond acceptors (Lipinski definition) is 7. The van der Waals surface area contributed by atoms with Crippen molar-refractivity contribution >= 4 is 27.8 Å². The number of esters is 1. The molecule has 5 rings (SSSR count). The molecule has 0 aromatic heterocycles. The molecule has 2 heterocycles. The lowest BCUT2D eigenvalue weighted by atomic mass is 9.96. The average molecular weight is 536 g/mol. The zero-order chi connectivity index (χ0) is 26.7. The molecule has 2 fully saturated rings. The first-order chi connectivity index (χ1) is 18.4. The number of hydrogen-bond donors (Lipinski definition) is 1. The minimum Gasteiger partial charge on any atom is -0.484 e. The summed E-state index contributed by atoms with van der Waals surface area (Å²) >= 11 is 0. The van der Waals surface area contributed by atoms with Crippen molar-refractivity contribution in [1.82, 2.24) is 14.5 Å². The molecule has 3 aromatic rings. The highest BCUT2D eigenvalue weighted by molar-refractivity contribution is 7.89. The van der Waals surface area contributed by atoms with Crippen LogP contribution in [0.2, 0.25) is 0 Å². The number of sulfonamides is 1. The topological polar surface area (TPSA) is 122 Å². The van der Waals surface area contributed by atoms with E-state index in [1.807, 2.05) is 12.1 Å². The van der Waals surface area contributed by atoms with Gasteiger partial charge >= 0.3 is 5.97 Å². The molecule has 0 saturated carbocycles. The average Bonchev–Trinajstić information content (AvgIpc) is 3.32. The third-order valence-corrected chi connectivity index (χ3v) is 8.21. The molecule has 2 unspecified atom stereocenters. The largest absolute Gasteiger partial charge is 0.484 e. The van der Waals surface area contributed by atoms with Crippen LogP contribution >= 0.6 is 0 Å². The van der Waals surface area contributed by atoms with Crippen LogP contribution in [0.3, 0.4) is 0 Å². The maximum atomic E-state index is 13.5. The lowest BCUT2D eigenvalue weighted by Crippen LogP contribution is -2.71. The summed E-state index contributed by atoms with van der Waals surface area (Å²) in [7, 11) is -4.16. The second-order valence-corrected chi connectivity index (χ2v) is 10.7. The van der Waals surface area contributed by atoms with Crippen molar-refractivity contribution < 1.29 is 32.3 Å². The van der Waals surface area contributed by atoms with E-state index in [0.29, 0.717) is 11.3 Å². The van der Waals surface area contributed by atoms with Crippen LogP contribution < -0.4 is 10.1 Å². The zero-order valence-corrected chi connectivity index (χ0v) is 21.0. The molecular formula is C27H25N3O7S. The molecule has 0 radical (unpaired) electrons. The van der Waals surface area contributed by atoms with Gasteiger partial charge in [0.25, 0.3) is 5.91 Å². The highest BCUT2D eigenvalue weighted by Crippen LogP contribution is 2.36. The Labute approximate surface area is 219 Å². The summed E-state index contributed by atoms with van der Waals surface area (Å²) in [5.41, 5.74) is 0.714. The van der Waals surface area contributed by atoms with Crippen molar-refractivity contribution in [2.24, 2.45) is 0 Å². The van der Waals surface area contributed by atoms with E-state index >= 15 is 0 Å². The highest BCUT2D eigenvalue weighted by Gasteiger charge is 2.63. The van der Waals surface area contributed by atoms with Gasteiger partial charge in [0.1, 0.15) is 18.4 Å². The lowest BCUT2D eigenvalue weighted by Gasteiger charge is -2.43. The quantitative estimate of drug-likeness (QED) is 0.326. The maximum absolute atomic E-state index is 13.5. The van der Waals surface area contributed by atoms with Gasteiger partial charge in [-0.15, -0.1) is 0 Å². The fraction of sp³-hybridized carbons (Fsp3) is 0.222. The van der Waals surface area contributed by atoms with E-state index in [1.54, 1.807) is 66.7 Å². The lowest BCUT2D eigenvalue weighted by molar-refractivity contribution is -0.167. The summed E-state index contributed by atoms with van der Waals surface area (Å²) < 4.78 is 38.8. The molecule has 2 aliphatic heterocycles. The van der Waals surface area contributed by atoms with E-state index in [2.05, 4.69) is 5.32 Å². The van der Waals surface area contributed by atoms with Gasteiger partial charge in [0.15, 0.2) is 12.8 Å². The number of amides is 2. The Kier molecular flexibility index (Phi) is 7.12. The molecule has 2 aliphatic rings. The first kappa shape index (κ1) is 25.4. The molecule has 10 nitrogen and oxygen atoms in total. The molecule has 1 N–H and O–H groups in total. The van der Waals surface area contributed by atoms with Crippen LogP contribution in [0.15, 0.2) is 95.9 Å². The van der Waals surface area contributed by atoms with Crippen LogP contribution in [-0.4, -0.2) is 66.8 Å². The highest BCUT2D eigenvalue weighted by atomic mass is 32.2. The van der Waals surface area contributed by atoms with Gasteiger partial charge in [-0.3, -0.25) is 9.59 Å². The van der Waals surface area contributed by atoms with Gasteiger partial charge in [-0.05, 0) is 29.8 Å². The standard InChI is InChI=1S/C27H25N3O7S/c31-23(18-36-20-12-6-2-7-13-20)28-24-22-16-29(38(34,35)21-14-8-3-9-15-21)25(30(22)26(24)32)27(33)37-17-19-10-4-1-5-11-19/h1-15,22,24-25H,16-18H2,(H,28,31)/t22?,24-,25?/m0/s1. The number of carbonyl (C=O) groups excluding carboxylic acids is 3. The summed E-state index contributed by atoms with van der Waals surface area (Å²) in [6, 6.07) is 23.6. The Balaban J connectivity index is 1.33. The predicted molar refractivity (Wildman–Crippen MR) is 135 cm³/mol. The maximum Gasteiger partial charge on any atom is 0.345 e. The Morgan fingerprint density at radius 1 is 0.895 bits per heavy atom. The second-order valence-electron chi connectivity index (χ2n) is 8.81. The van der Waals surface area contributed by atoms with E-state index in [0.717, 1.165) is 9.21 Å². The summed E-state index contributed by atoms with van der Waals surface area (Å²) in [6.07, 6.45) is -1.49. The third-order valence-electron chi connectivity index (χ3n) is 6.38. The minimum atomic E-state index is -4.16. The molecular weight excluding hydrogens is 510 g/mol. The molecule has 38 heavy (non-hydrogen) atoms. The van der Waals surface area contributed by atoms with Crippen LogP contribution in [0.1, 0.15) is 5.56 Å². The fourth-order valence-electron chi connectivity index (χ4n) is 4.52. The normalized spacial score (nSPS) is 20.8. The first-order valence-corrected chi connectivity index (χ1v) is 13.4. The molecule has 0 aliphatic carbocycles. The van der Waals surface area contributed by atoms with E-state index in [1.165, 1.54) is 12.1 Å². The third kappa shape index (κ3) is 4.98. The number of fused-ring (bicyclic) bond motifs is 1. The van der Waals surface area contributed by atoms with Gasteiger partial charge in [0.2, 0.25) is 15.9 Å². The van der Waals surface area contributed by atoms with E-state index < -0.39 is 46.1 Å². The monoisotopic (exact) mass is 535 g/mol. The first-order valence-electron chi connectivity index (χ1n) is 11.9. The number of carbonyl (C=O) groups is 3. The predicted octanol–water partition coefficient (Wildman–Crippen LogP) is 1.53. The number of nitrogens with zero attached hydrogens (tertiary/aromatic N) is 2. The van der Waals surface area contributed by atoms with Gasteiger partial charge < -0.3 is 19.7 Å². The van der Waals surface area contributed by atoms with Crippen molar-refractivity contribution in [3.05, 3.63) is 96.6 Å². The number of β-lactam (4-membered cyclic amide) rings is 1. The summed E-state index contributed by atoms with van der Waals surface area (Å²) in [4.78, 5) is 39.9. The van der Waals surface area contributed by atoms with Crippen molar-refractivity contribution in [3.63, 3.8) is 0 Å². The van der Waals surface area contributed by atoms with E-state index in [4.69, 9.17) is 9.47 Å². The van der Waals surface area contributed by atoms with Gasteiger partial charge in [-0.25, -0.2) is 13.2 Å². The number of nitrogens with one attached hydrogen (secondary N) is 1. The van der Waals surface area contributed by atoms with Crippen LogP contribution in [0.25, 0.3) is 0 Å². The molecule has 11 heteroatoms. The number of para-hydroxylation sites is 1. The summed E-state index contributed by atoms with van der Waals surface area (Å²) in [5, 5.41) is 2.61. The van der Waals surface area contributed by atoms with Crippen LogP contribution in [0.5, 0.6) is 5.75 Å². The van der Waals surface area contributed by atoms with Crippen LogP contribution in [0.4, 0.5) is 0 Å². The van der Waals surface area contributed by atoms with Crippen molar-refractivity contribution in [1.29, 1.82) is 0 Å². The molecule has 2 amide bonds. The summed E-state index contributed by atoms with van der Waals surface area (Å²) in [5.74, 6) is -1.50. The Morgan fingerprint density at radius 2 is 1.50 bits per heavy atom. The van der Waals surface area contributed by atoms with Gasteiger partial charge in [0.05, 0.1) is 10.9 Å². The van der Waals surface area contributed by atoms with E-state index in [-0.39, 0.29) is 24.7 Å². The summed E-state index contributed by atoms with van der Waals surface area (Å²) in [6.45, 7) is -0.591. The molecule has 0 spiro atoms.